The first kappa shape index (κ1) is 15.8. The van der Waals surface area contributed by atoms with Crippen molar-refractivity contribution >= 4 is 11.8 Å². The lowest BCUT2D eigenvalue weighted by Crippen LogP contribution is -2.26. The second-order valence-electron chi connectivity index (χ2n) is 5.65. The third-order valence-electron chi connectivity index (χ3n) is 2.73. The monoisotopic (exact) mass is 307 g/mol. The average molecular weight is 307 g/mol. The number of nitrogens with zero attached hydrogens (tertiary/aromatic N) is 2. The number of carbonyl (C=O) groups excluding carboxylic acids is 1. The topological polar surface area (TPSA) is 79.4 Å². The molecule has 0 aliphatic carbocycles. The quantitative estimate of drug-likeness (QED) is 0.882. The number of hydrogen-bond acceptors (Lipinski definition) is 5. The molecule has 0 aliphatic rings. The number of carbonyl (C=O) groups is 1. The highest BCUT2D eigenvalue weighted by molar-refractivity contribution is 5.94. The van der Waals surface area contributed by atoms with Gasteiger partial charge in [-0.15, -0.1) is 0 Å². The summed E-state index contributed by atoms with van der Waals surface area (Å²) in [6.45, 7) is 5.24. The fourth-order valence-corrected chi connectivity index (χ4v) is 1.91. The van der Waals surface area contributed by atoms with E-state index in [0.29, 0.717) is 5.69 Å². The van der Waals surface area contributed by atoms with Crippen LogP contribution in [0.3, 0.4) is 0 Å². The standard InChI is InChI=1S/C15H18FN3O3/c1-15(2,3)22-13(20)11-12(17)18-14(21-4)19(11)10-7-5-9(16)6-8-10/h5-8H,17H2,1-4H3. The molecule has 2 rings (SSSR count). The Bertz CT molecular complexity index is 687. The van der Waals surface area contributed by atoms with Crippen molar-refractivity contribution in [1.29, 1.82) is 0 Å². The van der Waals surface area contributed by atoms with Gasteiger partial charge in [0.05, 0.1) is 12.8 Å². The van der Waals surface area contributed by atoms with Gasteiger partial charge in [-0.3, -0.25) is 4.57 Å². The number of hydrogen-bond donors (Lipinski definition) is 1. The number of nitrogen functional groups attached to an aromatic ring is 1. The van der Waals surface area contributed by atoms with Gasteiger partial charge in [0.1, 0.15) is 11.4 Å². The number of halogens is 1. The number of rotatable bonds is 3. The number of imidazole rings is 1. The average Bonchev–Trinajstić information content (AvgIpc) is 2.74. The van der Waals surface area contributed by atoms with Crippen LogP contribution in [-0.4, -0.2) is 28.2 Å². The number of benzene rings is 1. The van der Waals surface area contributed by atoms with Crippen LogP contribution in [0.1, 0.15) is 31.3 Å². The van der Waals surface area contributed by atoms with Gasteiger partial charge < -0.3 is 15.2 Å². The van der Waals surface area contributed by atoms with Gasteiger partial charge in [-0.2, -0.15) is 4.98 Å². The van der Waals surface area contributed by atoms with Crippen LogP contribution >= 0.6 is 0 Å². The summed E-state index contributed by atoms with van der Waals surface area (Å²) in [5.74, 6) is -1.05. The fraction of sp³-hybridized carbons (Fsp3) is 0.333. The molecule has 1 aromatic carbocycles. The van der Waals surface area contributed by atoms with Gasteiger partial charge in [-0.05, 0) is 45.0 Å². The van der Waals surface area contributed by atoms with Gasteiger partial charge in [0.15, 0.2) is 11.5 Å². The normalized spacial score (nSPS) is 11.3. The number of anilines is 1. The van der Waals surface area contributed by atoms with E-state index in [0.717, 1.165) is 0 Å². The second kappa shape index (κ2) is 5.67. The van der Waals surface area contributed by atoms with E-state index < -0.39 is 17.4 Å². The first-order valence-electron chi connectivity index (χ1n) is 6.64. The molecule has 1 aromatic heterocycles. The van der Waals surface area contributed by atoms with E-state index in [4.69, 9.17) is 15.2 Å². The molecule has 0 radical (unpaired) electrons. The third kappa shape index (κ3) is 3.19. The molecule has 1 heterocycles. The molecule has 118 valence electrons. The zero-order valence-corrected chi connectivity index (χ0v) is 12.9. The Morgan fingerprint density at radius 1 is 1.27 bits per heavy atom. The molecule has 0 atom stereocenters. The van der Waals surface area contributed by atoms with Crippen LogP contribution in [0.4, 0.5) is 10.2 Å². The van der Waals surface area contributed by atoms with Crippen molar-refractivity contribution in [3.63, 3.8) is 0 Å². The Balaban J connectivity index is 2.56. The molecule has 0 spiro atoms. The maximum Gasteiger partial charge on any atom is 0.359 e. The summed E-state index contributed by atoms with van der Waals surface area (Å²) in [6, 6.07) is 5.64. The Kier molecular flexibility index (Phi) is 4.07. The number of ether oxygens (including phenoxy) is 2. The molecule has 0 fully saturated rings. The molecule has 0 amide bonds. The molecule has 2 aromatic rings. The number of aromatic nitrogens is 2. The third-order valence-corrected chi connectivity index (χ3v) is 2.73. The van der Waals surface area contributed by atoms with Gasteiger partial charge in [-0.25, -0.2) is 9.18 Å². The van der Waals surface area contributed by atoms with Gasteiger partial charge in [0, 0.05) is 0 Å². The highest BCUT2D eigenvalue weighted by Crippen LogP contribution is 2.27. The minimum atomic E-state index is -0.686. The molecule has 0 saturated heterocycles. The van der Waals surface area contributed by atoms with Gasteiger partial charge in [0.2, 0.25) is 0 Å². The van der Waals surface area contributed by atoms with Crippen LogP contribution in [0.15, 0.2) is 24.3 Å². The molecule has 2 N–H and O–H groups in total. The number of nitrogens with two attached hydrogens (primary N) is 1. The van der Waals surface area contributed by atoms with Crippen molar-refractivity contribution in [3.05, 3.63) is 35.8 Å². The molecular weight excluding hydrogens is 289 g/mol. The van der Waals surface area contributed by atoms with Crippen molar-refractivity contribution < 1.29 is 18.7 Å². The van der Waals surface area contributed by atoms with E-state index in [2.05, 4.69) is 4.98 Å². The summed E-state index contributed by atoms with van der Waals surface area (Å²) in [7, 11) is 1.40. The maximum atomic E-state index is 13.1. The Labute approximate surface area is 127 Å². The van der Waals surface area contributed by atoms with Crippen molar-refractivity contribution in [2.45, 2.75) is 26.4 Å². The van der Waals surface area contributed by atoms with Crippen molar-refractivity contribution in [2.24, 2.45) is 0 Å². The van der Waals surface area contributed by atoms with Crippen LogP contribution in [0.25, 0.3) is 5.69 Å². The van der Waals surface area contributed by atoms with Crippen molar-refractivity contribution in [3.8, 4) is 11.7 Å². The Morgan fingerprint density at radius 3 is 2.36 bits per heavy atom. The predicted molar refractivity (Wildman–Crippen MR) is 79.7 cm³/mol. The van der Waals surface area contributed by atoms with E-state index in [9.17, 15) is 9.18 Å². The SMILES string of the molecule is COc1nc(N)c(C(=O)OC(C)(C)C)n1-c1ccc(F)cc1. The van der Waals surface area contributed by atoms with Gasteiger partial charge in [0.25, 0.3) is 0 Å². The van der Waals surface area contributed by atoms with Crippen molar-refractivity contribution in [2.75, 3.05) is 12.8 Å². The molecule has 7 heteroatoms. The van der Waals surface area contributed by atoms with E-state index in [1.807, 2.05) is 0 Å². The molecule has 0 saturated carbocycles. The largest absolute Gasteiger partial charge is 0.468 e. The lowest BCUT2D eigenvalue weighted by molar-refractivity contribution is 0.00611. The molecule has 6 nitrogen and oxygen atoms in total. The lowest BCUT2D eigenvalue weighted by Gasteiger charge is -2.20. The summed E-state index contributed by atoms with van der Waals surface area (Å²) in [4.78, 5) is 16.4. The highest BCUT2D eigenvalue weighted by Gasteiger charge is 2.28. The Morgan fingerprint density at radius 2 is 1.86 bits per heavy atom. The van der Waals surface area contributed by atoms with Crippen molar-refractivity contribution in [1.82, 2.24) is 9.55 Å². The zero-order chi connectivity index (χ0) is 16.5. The highest BCUT2D eigenvalue weighted by atomic mass is 19.1. The van der Waals surface area contributed by atoms with E-state index in [-0.39, 0.29) is 17.5 Å². The van der Waals surface area contributed by atoms with Crippen LogP contribution in [0.5, 0.6) is 6.01 Å². The summed E-state index contributed by atoms with van der Waals surface area (Å²) in [5, 5.41) is 0. The predicted octanol–water partition coefficient (Wildman–Crippen LogP) is 2.56. The molecule has 22 heavy (non-hydrogen) atoms. The minimum Gasteiger partial charge on any atom is -0.468 e. The molecular formula is C15H18FN3O3. The lowest BCUT2D eigenvalue weighted by atomic mass is 10.2. The first-order chi connectivity index (χ1) is 10.2. The van der Waals surface area contributed by atoms with Crippen LogP contribution < -0.4 is 10.5 Å². The Hall–Kier alpha value is -2.57. The number of methoxy groups -OCH3 is 1. The van der Waals surface area contributed by atoms with Gasteiger partial charge >= 0.3 is 12.0 Å². The van der Waals surface area contributed by atoms with Crippen LogP contribution in [0, 0.1) is 5.82 Å². The maximum absolute atomic E-state index is 13.1. The van der Waals surface area contributed by atoms with E-state index in [1.54, 1.807) is 20.8 Å². The molecule has 0 bridgehead atoms. The summed E-state index contributed by atoms with van der Waals surface area (Å²) in [5.41, 5.74) is 5.66. The number of esters is 1. The summed E-state index contributed by atoms with van der Waals surface area (Å²) >= 11 is 0. The summed E-state index contributed by atoms with van der Waals surface area (Å²) < 4.78 is 25.0. The van der Waals surface area contributed by atoms with Crippen LogP contribution in [0.2, 0.25) is 0 Å². The smallest absolute Gasteiger partial charge is 0.359 e. The minimum absolute atomic E-state index is 0.0181. The molecule has 0 unspecified atom stereocenters. The summed E-state index contributed by atoms with van der Waals surface area (Å²) in [6.07, 6.45) is 0. The first-order valence-corrected chi connectivity index (χ1v) is 6.64. The fourth-order valence-electron chi connectivity index (χ4n) is 1.91. The van der Waals surface area contributed by atoms with Gasteiger partial charge in [-0.1, -0.05) is 0 Å². The molecule has 0 aliphatic heterocycles. The van der Waals surface area contributed by atoms with E-state index >= 15 is 0 Å². The van der Waals surface area contributed by atoms with Crippen LogP contribution in [-0.2, 0) is 4.74 Å². The second-order valence-corrected chi connectivity index (χ2v) is 5.65. The zero-order valence-electron chi connectivity index (χ0n) is 12.9. The van der Waals surface area contributed by atoms with E-state index in [1.165, 1.54) is 35.9 Å².